The molecule has 0 amide bonds. The van der Waals surface area contributed by atoms with Gasteiger partial charge in [-0.25, -0.2) is 8.78 Å². The lowest BCUT2D eigenvalue weighted by Crippen LogP contribution is -2.58. The molecular formula is C13H22F2INO. The highest BCUT2D eigenvalue weighted by molar-refractivity contribution is 14.1. The quantitative estimate of drug-likeness (QED) is 0.549. The SMILES string of the molecule is CC(I)OC1(C(F)(F)C2CCCN2C)CCCC1. The van der Waals surface area contributed by atoms with Gasteiger partial charge >= 0.3 is 0 Å². The largest absolute Gasteiger partial charge is 0.355 e. The molecule has 2 nitrogen and oxygen atoms in total. The highest BCUT2D eigenvalue weighted by Crippen LogP contribution is 2.50. The molecule has 1 aliphatic carbocycles. The fraction of sp³-hybridized carbons (Fsp3) is 1.00. The van der Waals surface area contributed by atoms with Gasteiger partial charge in [0.15, 0.2) is 0 Å². The predicted octanol–water partition coefficient (Wildman–Crippen LogP) is 3.83. The molecule has 0 aromatic carbocycles. The molecule has 2 aliphatic rings. The molecule has 106 valence electrons. The smallest absolute Gasteiger partial charge is 0.291 e. The van der Waals surface area contributed by atoms with Crippen LogP contribution >= 0.6 is 22.6 Å². The van der Waals surface area contributed by atoms with E-state index < -0.39 is 17.6 Å². The Kier molecular flexibility index (Phi) is 4.54. The van der Waals surface area contributed by atoms with Gasteiger partial charge in [0, 0.05) is 0 Å². The average Bonchev–Trinajstić information content (AvgIpc) is 2.87. The summed E-state index contributed by atoms with van der Waals surface area (Å²) in [6, 6.07) is -0.647. The van der Waals surface area contributed by atoms with Gasteiger partial charge in [-0.05, 0) is 46.2 Å². The van der Waals surface area contributed by atoms with Crippen molar-refractivity contribution in [1.82, 2.24) is 4.90 Å². The van der Waals surface area contributed by atoms with Gasteiger partial charge in [-0.1, -0.05) is 35.4 Å². The normalized spacial score (nSPS) is 30.8. The molecule has 1 heterocycles. The van der Waals surface area contributed by atoms with E-state index in [1.165, 1.54) is 0 Å². The summed E-state index contributed by atoms with van der Waals surface area (Å²) in [6.07, 6.45) is 4.16. The predicted molar refractivity (Wildman–Crippen MR) is 76.4 cm³/mol. The fourth-order valence-electron chi connectivity index (χ4n) is 3.46. The molecule has 0 aromatic rings. The summed E-state index contributed by atoms with van der Waals surface area (Å²) in [4.78, 5) is 1.81. The van der Waals surface area contributed by atoms with Crippen LogP contribution in [0.3, 0.4) is 0 Å². The molecule has 0 aromatic heterocycles. The molecule has 0 spiro atoms. The Bertz CT molecular complexity index is 293. The highest BCUT2D eigenvalue weighted by atomic mass is 127. The van der Waals surface area contributed by atoms with E-state index in [-0.39, 0.29) is 4.11 Å². The minimum atomic E-state index is -2.74. The maximum absolute atomic E-state index is 14.9. The van der Waals surface area contributed by atoms with Crippen molar-refractivity contribution in [3.63, 3.8) is 0 Å². The number of halogens is 3. The van der Waals surface area contributed by atoms with Crippen molar-refractivity contribution in [1.29, 1.82) is 0 Å². The van der Waals surface area contributed by atoms with Gasteiger partial charge in [-0.15, -0.1) is 0 Å². The van der Waals surface area contributed by atoms with E-state index in [9.17, 15) is 8.78 Å². The minimum absolute atomic E-state index is 0.168. The second kappa shape index (κ2) is 5.48. The van der Waals surface area contributed by atoms with Crippen LogP contribution in [-0.4, -0.2) is 40.2 Å². The van der Waals surface area contributed by atoms with Crippen LogP contribution in [0.4, 0.5) is 8.78 Å². The number of nitrogens with zero attached hydrogens (tertiary/aromatic N) is 1. The van der Waals surface area contributed by atoms with E-state index in [0.717, 1.165) is 25.8 Å². The lowest BCUT2D eigenvalue weighted by atomic mass is 9.87. The Morgan fingerprint density at radius 2 is 1.94 bits per heavy atom. The minimum Gasteiger partial charge on any atom is -0.355 e. The Hall–Kier alpha value is 0.510. The molecule has 5 heteroatoms. The van der Waals surface area contributed by atoms with Gasteiger partial charge in [0.1, 0.15) is 9.71 Å². The van der Waals surface area contributed by atoms with E-state index in [2.05, 4.69) is 22.6 Å². The third-order valence-electron chi connectivity index (χ3n) is 4.35. The molecule has 18 heavy (non-hydrogen) atoms. The molecule has 2 fully saturated rings. The van der Waals surface area contributed by atoms with Gasteiger partial charge in [0.05, 0.1) is 6.04 Å². The lowest BCUT2D eigenvalue weighted by molar-refractivity contribution is -0.231. The second-order valence-electron chi connectivity index (χ2n) is 5.62. The Labute approximate surface area is 122 Å². The van der Waals surface area contributed by atoms with Crippen LogP contribution < -0.4 is 0 Å². The van der Waals surface area contributed by atoms with Crippen molar-refractivity contribution in [3.05, 3.63) is 0 Å². The van der Waals surface area contributed by atoms with Crippen LogP contribution in [0.15, 0.2) is 0 Å². The zero-order valence-corrected chi connectivity index (χ0v) is 13.3. The monoisotopic (exact) mass is 373 g/mol. The molecule has 0 N–H and O–H groups in total. The molecule has 1 saturated heterocycles. The highest BCUT2D eigenvalue weighted by Gasteiger charge is 2.62. The first-order chi connectivity index (χ1) is 8.39. The molecule has 1 saturated carbocycles. The first-order valence-corrected chi connectivity index (χ1v) is 8.03. The molecule has 2 rings (SSSR count). The van der Waals surface area contributed by atoms with Crippen molar-refractivity contribution < 1.29 is 13.5 Å². The molecule has 0 bridgehead atoms. The number of ether oxygens (including phenoxy) is 1. The van der Waals surface area contributed by atoms with Crippen molar-refractivity contribution in [2.45, 2.75) is 67.1 Å². The van der Waals surface area contributed by atoms with Gasteiger partial charge in [-0.2, -0.15) is 0 Å². The summed E-state index contributed by atoms with van der Waals surface area (Å²) in [5.74, 6) is -2.74. The van der Waals surface area contributed by atoms with Crippen LogP contribution in [0.1, 0.15) is 45.4 Å². The van der Waals surface area contributed by atoms with E-state index in [0.29, 0.717) is 19.3 Å². The van der Waals surface area contributed by atoms with Crippen LogP contribution in [0, 0.1) is 0 Å². The van der Waals surface area contributed by atoms with Gasteiger partial charge in [0.25, 0.3) is 5.92 Å². The van der Waals surface area contributed by atoms with Crippen LogP contribution in [-0.2, 0) is 4.74 Å². The van der Waals surface area contributed by atoms with Crippen LogP contribution in [0.25, 0.3) is 0 Å². The van der Waals surface area contributed by atoms with Gasteiger partial charge < -0.3 is 4.74 Å². The van der Waals surface area contributed by atoms with Crippen molar-refractivity contribution in [3.8, 4) is 0 Å². The molecular weight excluding hydrogens is 351 g/mol. The fourth-order valence-corrected chi connectivity index (χ4v) is 3.95. The topological polar surface area (TPSA) is 12.5 Å². The summed E-state index contributed by atoms with van der Waals surface area (Å²) >= 11 is 2.08. The number of alkyl halides is 3. The third-order valence-corrected chi connectivity index (χ3v) is 4.60. The van der Waals surface area contributed by atoms with E-state index in [4.69, 9.17) is 4.74 Å². The number of hydrogen-bond acceptors (Lipinski definition) is 2. The summed E-state index contributed by atoms with van der Waals surface area (Å²) in [7, 11) is 1.81. The summed E-state index contributed by atoms with van der Waals surface area (Å²) < 4.78 is 35.4. The maximum atomic E-state index is 14.9. The van der Waals surface area contributed by atoms with Crippen molar-refractivity contribution in [2.75, 3.05) is 13.6 Å². The maximum Gasteiger partial charge on any atom is 0.291 e. The molecule has 2 unspecified atom stereocenters. The number of likely N-dealkylation sites (tertiary alicyclic amines) is 1. The molecule has 0 radical (unpaired) electrons. The van der Waals surface area contributed by atoms with Gasteiger partial charge in [-0.3, -0.25) is 4.90 Å². The first-order valence-electron chi connectivity index (χ1n) is 6.79. The van der Waals surface area contributed by atoms with Crippen LogP contribution in [0.2, 0.25) is 0 Å². The van der Waals surface area contributed by atoms with E-state index >= 15 is 0 Å². The summed E-state index contributed by atoms with van der Waals surface area (Å²) in [5, 5.41) is 0. The van der Waals surface area contributed by atoms with E-state index in [1.54, 1.807) is 4.90 Å². The summed E-state index contributed by atoms with van der Waals surface area (Å²) in [6.45, 7) is 2.62. The zero-order valence-electron chi connectivity index (χ0n) is 11.1. The standard InChI is InChI=1S/C13H22F2INO/c1-10(16)18-12(7-3-4-8-12)13(14,15)11-6-5-9-17(11)2/h10-11H,3-9H2,1-2H3. The van der Waals surface area contributed by atoms with Crippen molar-refractivity contribution in [2.24, 2.45) is 0 Å². The van der Waals surface area contributed by atoms with Crippen LogP contribution in [0.5, 0.6) is 0 Å². The molecule has 2 atom stereocenters. The zero-order chi connectivity index (χ0) is 13.4. The first kappa shape index (κ1) is 14.9. The second-order valence-corrected chi connectivity index (χ2v) is 7.38. The van der Waals surface area contributed by atoms with E-state index in [1.807, 2.05) is 14.0 Å². The summed E-state index contributed by atoms with van der Waals surface area (Å²) in [5.41, 5.74) is -1.23. The Balaban J connectivity index is 2.23. The Morgan fingerprint density at radius 1 is 1.33 bits per heavy atom. The number of hydrogen-bond donors (Lipinski definition) is 0. The molecule has 1 aliphatic heterocycles. The third kappa shape index (κ3) is 2.54. The lowest BCUT2D eigenvalue weighted by Gasteiger charge is -2.43. The number of rotatable bonds is 4. The van der Waals surface area contributed by atoms with Crippen molar-refractivity contribution >= 4 is 22.6 Å². The Morgan fingerprint density at radius 3 is 2.39 bits per heavy atom. The average molecular weight is 373 g/mol. The van der Waals surface area contributed by atoms with Gasteiger partial charge in [0.2, 0.25) is 0 Å².